The van der Waals surface area contributed by atoms with Crippen LogP contribution in [0, 0.1) is 0 Å². The Kier molecular flexibility index (Phi) is 7.46. The van der Waals surface area contributed by atoms with Crippen molar-refractivity contribution in [3.8, 4) is 34.4 Å². The minimum Gasteiger partial charge on any atom is -0.504 e. The highest BCUT2D eigenvalue weighted by molar-refractivity contribution is 6.09. The Morgan fingerprint density at radius 3 is 2.30 bits per heavy atom. The number of amides is 1. The molecule has 5 aromatic rings. The van der Waals surface area contributed by atoms with E-state index in [0.29, 0.717) is 28.7 Å². The Labute approximate surface area is 231 Å². The van der Waals surface area contributed by atoms with Gasteiger partial charge < -0.3 is 33.9 Å². The number of carbonyl (C=O) groups is 1. The second-order valence-electron chi connectivity index (χ2n) is 8.91. The highest BCUT2D eigenvalue weighted by Crippen LogP contribution is 2.41. The number of phenols is 1. The molecule has 0 saturated heterocycles. The Morgan fingerprint density at radius 2 is 1.60 bits per heavy atom. The molecule has 0 radical (unpaired) electrons. The van der Waals surface area contributed by atoms with Gasteiger partial charge in [0.15, 0.2) is 23.0 Å². The van der Waals surface area contributed by atoms with E-state index in [9.17, 15) is 9.90 Å². The molecule has 2 aromatic heterocycles. The zero-order chi connectivity index (χ0) is 28.2. The van der Waals surface area contributed by atoms with E-state index in [4.69, 9.17) is 18.9 Å². The summed E-state index contributed by atoms with van der Waals surface area (Å²) in [7, 11) is 6.23. The van der Waals surface area contributed by atoms with Crippen molar-refractivity contribution in [2.24, 2.45) is 0 Å². The van der Waals surface area contributed by atoms with E-state index >= 15 is 0 Å². The molecule has 0 unspecified atom stereocenters. The third kappa shape index (κ3) is 4.96. The predicted octanol–water partition coefficient (Wildman–Crippen LogP) is 5.25. The molecule has 3 aromatic carbocycles. The summed E-state index contributed by atoms with van der Waals surface area (Å²) in [6.45, 7) is 0.252. The van der Waals surface area contributed by atoms with Crippen molar-refractivity contribution < 1.29 is 28.8 Å². The maximum atomic E-state index is 12.5. The maximum Gasteiger partial charge on any atom is 0.244 e. The fourth-order valence-electron chi connectivity index (χ4n) is 4.69. The van der Waals surface area contributed by atoms with Gasteiger partial charge in [0, 0.05) is 29.0 Å². The Bertz CT molecular complexity index is 1720. The number of para-hydroxylation sites is 1. The summed E-state index contributed by atoms with van der Waals surface area (Å²) >= 11 is 0. The average molecular weight is 540 g/mol. The van der Waals surface area contributed by atoms with Crippen LogP contribution in [0.2, 0.25) is 0 Å². The van der Waals surface area contributed by atoms with Crippen molar-refractivity contribution in [1.82, 2.24) is 14.9 Å². The number of hydrogen-bond donors (Lipinski definition) is 2. The lowest BCUT2D eigenvalue weighted by atomic mass is 10.1. The second kappa shape index (κ2) is 11.3. The molecule has 0 atom stereocenters. The van der Waals surface area contributed by atoms with Gasteiger partial charge in [-0.05, 0) is 35.9 Å². The van der Waals surface area contributed by atoms with Crippen molar-refractivity contribution >= 4 is 33.8 Å². The molecule has 9 heteroatoms. The number of methoxy groups -OCH3 is 4. The highest BCUT2D eigenvalue weighted by atomic mass is 16.5. The molecule has 0 aliphatic heterocycles. The number of aromatic nitrogens is 2. The number of carbonyl (C=O) groups excluding carboxylic acids is 1. The van der Waals surface area contributed by atoms with Crippen molar-refractivity contribution in [1.29, 1.82) is 0 Å². The van der Waals surface area contributed by atoms with E-state index < -0.39 is 0 Å². The van der Waals surface area contributed by atoms with Crippen molar-refractivity contribution in [2.75, 3.05) is 28.4 Å². The lowest BCUT2D eigenvalue weighted by Crippen LogP contribution is -2.20. The number of nitrogens with one attached hydrogen (secondary N) is 1. The summed E-state index contributed by atoms with van der Waals surface area (Å²) < 4.78 is 23.9. The van der Waals surface area contributed by atoms with Crippen molar-refractivity contribution in [3.05, 3.63) is 84.2 Å². The Balaban J connectivity index is 1.45. The molecular weight excluding hydrogens is 510 g/mol. The van der Waals surface area contributed by atoms with Gasteiger partial charge in [-0.2, -0.15) is 0 Å². The minimum absolute atomic E-state index is 0.0391. The first kappa shape index (κ1) is 26.4. The number of hydrogen-bond acceptors (Lipinski definition) is 7. The molecule has 204 valence electrons. The van der Waals surface area contributed by atoms with Gasteiger partial charge in [-0.1, -0.05) is 24.3 Å². The van der Waals surface area contributed by atoms with Crippen LogP contribution in [0.4, 0.5) is 0 Å². The van der Waals surface area contributed by atoms with E-state index in [1.165, 1.54) is 19.3 Å². The first-order valence-electron chi connectivity index (χ1n) is 12.5. The molecule has 0 aliphatic carbocycles. The van der Waals surface area contributed by atoms with Crippen LogP contribution in [0.15, 0.2) is 72.9 Å². The number of nitrogens with zero attached hydrogens (tertiary/aromatic N) is 2. The predicted molar refractivity (Wildman–Crippen MR) is 154 cm³/mol. The summed E-state index contributed by atoms with van der Waals surface area (Å²) in [6.07, 6.45) is 4.89. The summed E-state index contributed by atoms with van der Waals surface area (Å²) in [5.41, 5.74) is 4.16. The number of rotatable bonds is 9. The quantitative estimate of drug-likeness (QED) is 0.247. The maximum absolute atomic E-state index is 12.5. The van der Waals surface area contributed by atoms with Gasteiger partial charge in [0.05, 0.1) is 63.6 Å². The van der Waals surface area contributed by atoms with E-state index in [2.05, 4.69) is 20.9 Å². The van der Waals surface area contributed by atoms with Crippen molar-refractivity contribution in [3.63, 3.8) is 0 Å². The highest BCUT2D eigenvalue weighted by Gasteiger charge is 2.18. The molecule has 0 aliphatic rings. The van der Waals surface area contributed by atoms with Crippen LogP contribution in [-0.2, 0) is 11.3 Å². The molecule has 1 amide bonds. The lowest BCUT2D eigenvalue weighted by molar-refractivity contribution is -0.116. The molecule has 2 heterocycles. The lowest BCUT2D eigenvalue weighted by Gasteiger charge is -2.16. The zero-order valence-electron chi connectivity index (χ0n) is 22.6. The van der Waals surface area contributed by atoms with Crippen LogP contribution < -0.4 is 24.3 Å². The molecule has 5 rings (SSSR count). The molecule has 0 bridgehead atoms. The van der Waals surface area contributed by atoms with E-state index in [1.807, 2.05) is 36.4 Å². The third-order valence-electron chi connectivity index (χ3n) is 6.60. The van der Waals surface area contributed by atoms with Gasteiger partial charge in [-0.3, -0.25) is 9.78 Å². The van der Waals surface area contributed by atoms with Crippen molar-refractivity contribution in [2.45, 2.75) is 6.54 Å². The first-order valence-corrected chi connectivity index (χ1v) is 12.5. The molecule has 9 nitrogen and oxygen atoms in total. The van der Waals surface area contributed by atoms with Gasteiger partial charge in [-0.15, -0.1) is 0 Å². The number of pyridine rings is 1. The average Bonchev–Trinajstić information content (AvgIpc) is 3.32. The topological polar surface area (TPSA) is 104 Å². The largest absolute Gasteiger partial charge is 0.504 e. The van der Waals surface area contributed by atoms with Crippen LogP contribution in [0.25, 0.3) is 33.6 Å². The zero-order valence-corrected chi connectivity index (χ0v) is 22.6. The number of fused-ring (bicyclic) bond motifs is 3. The van der Waals surface area contributed by atoms with Crippen LogP contribution in [0.5, 0.6) is 28.7 Å². The van der Waals surface area contributed by atoms with Gasteiger partial charge in [0.2, 0.25) is 11.7 Å². The number of phenolic OH excluding ortho intramolecular Hbond substituents is 1. The summed E-state index contributed by atoms with van der Waals surface area (Å²) in [6, 6.07) is 18.7. The Morgan fingerprint density at radius 1 is 0.875 bits per heavy atom. The van der Waals surface area contributed by atoms with Crippen LogP contribution >= 0.6 is 0 Å². The smallest absolute Gasteiger partial charge is 0.244 e. The summed E-state index contributed by atoms with van der Waals surface area (Å²) in [5.74, 6) is 1.73. The molecule has 0 saturated carbocycles. The SMILES string of the molecule is COc1cc(/C=C/C(=O)NCc2cc3c4ccccc4n(-c4cc(OC)c(OC)c(OC)c4)c3cn2)ccc1O. The summed E-state index contributed by atoms with van der Waals surface area (Å²) in [4.78, 5) is 17.1. The monoisotopic (exact) mass is 539 g/mol. The fraction of sp³-hybridized carbons (Fsp3) is 0.161. The van der Waals surface area contributed by atoms with Gasteiger partial charge in [0.25, 0.3) is 0 Å². The molecule has 0 fully saturated rings. The molecule has 0 spiro atoms. The van der Waals surface area contributed by atoms with Gasteiger partial charge in [-0.25, -0.2) is 0 Å². The van der Waals surface area contributed by atoms with Crippen LogP contribution in [0.1, 0.15) is 11.3 Å². The van der Waals surface area contributed by atoms with E-state index in [-0.39, 0.29) is 18.2 Å². The molecular formula is C31H29N3O6. The van der Waals surface area contributed by atoms with Gasteiger partial charge >= 0.3 is 0 Å². The van der Waals surface area contributed by atoms with E-state index in [0.717, 1.165) is 33.1 Å². The summed E-state index contributed by atoms with van der Waals surface area (Å²) in [5, 5.41) is 14.7. The second-order valence-corrected chi connectivity index (χ2v) is 8.91. The number of ether oxygens (including phenoxy) is 4. The van der Waals surface area contributed by atoms with Crippen LogP contribution in [-0.4, -0.2) is 49.0 Å². The number of aromatic hydroxyl groups is 1. The van der Waals surface area contributed by atoms with Crippen LogP contribution in [0.3, 0.4) is 0 Å². The molecule has 2 N–H and O–H groups in total. The van der Waals surface area contributed by atoms with Gasteiger partial charge in [0.1, 0.15) is 0 Å². The number of benzene rings is 3. The minimum atomic E-state index is -0.270. The fourth-order valence-corrected chi connectivity index (χ4v) is 4.69. The molecule has 40 heavy (non-hydrogen) atoms. The standard InChI is InChI=1S/C31H29N3O6/c1-37-27-13-19(9-11-26(27)35)10-12-30(36)33-17-20-14-23-22-7-5-6-8-24(22)34(25(23)18-32-20)21-15-28(38-2)31(40-4)29(16-21)39-3/h5-16,18,35H,17H2,1-4H3,(H,33,36)/b12-10+. The third-order valence-corrected chi connectivity index (χ3v) is 6.60. The normalized spacial score (nSPS) is 11.2. The first-order chi connectivity index (χ1) is 19.5. The van der Waals surface area contributed by atoms with E-state index in [1.54, 1.807) is 45.7 Å². The Hall–Kier alpha value is -5.18.